The Balaban J connectivity index is 1.46. The molecule has 30 heavy (non-hydrogen) atoms. The zero-order valence-electron chi connectivity index (χ0n) is 17.7. The summed E-state index contributed by atoms with van der Waals surface area (Å²) in [6, 6.07) is 0.326. The third-order valence-electron chi connectivity index (χ3n) is 8.50. The lowest BCUT2D eigenvalue weighted by Gasteiger charge is -2.61. The average Bonchev–Trinajstić information content (AvgIpc) is 2.65. The first-order valence-electron chi connectivity index (χ1n) is 11.6. The molecule has 0 aromatic carbocycles. The van der Waals surface area contributed by atoms with Crippen LogP contribution in [0.2, 0.25) is 5.02 Å². The van der Waals surface area contributed by atoms with Crippen LogP contribution in [0, 0.1) is 23.2 Å². The molecule has 5 saturated carbocycles. The number of hydrogen-bond donors (Lipinski definition) is 2. The van der Waals surface area contributed by atoms with Gasteiger partial charge in [0.1, 0.15) is 5.02 Å². The van der Waals surface area contributed by atoms with Gasteiger partial charge in [-0.3, -0.25) is 9.59 Å². The molecule has 0 unspecified atom stereocenters. The number of carboxylic acid groups (broad SMARTS) is 1. The quantitative estimate of drug-likeness (QED) is 0.705. The van der Waals surface area contributed by atoms with Gasteiger partial charge < -0.3 is 10.4 Å². The van der Waals surface area contributed by atoms with E-state index >= 15 is 0 Å². The Morgan fingerprint density at radius 3 is 2.63 bits per heavy atom. The zero-order chi connectivity index (χ0) is 21.1. The maximum absolute atomic E-state index is 13.4. The van der Waals surface area contributed by atoms with Crippen molar-refractivity contribution in [1.82, 2.24) is 9.78 Å². The summed E-state index contributed by atoms with van der Waals surface area (Å²) in [5, 5.41) is 17.9. The lowest BCUT2D eigenvalue weighted by atomic mass is 9.46. The number of halogens is 1. The molecule has 7 heteroatoms. The van der Waals surface area contributed by atoms with Crippen molar-refractivity contribution in [3.05, 3.63) is 21.6 Å². The van der Waals surface area contributed by atoms with Gasteiger partial charge in [-0.25, -0.2) is 4.68 Å². The highest BCUT2D eigenvalue weighted by molar-refractivity contribution is 6.32. The van der Waals surface area contributed by atoms with Crippen molar-refractivity contribution >= 4 is 23.3 Å². The molecule has 164 valence electrons. The summed E-state index contributed by atoms with van der Waals surface area (Å²) in [5.74, 6) is 0.792. The number of nitrogens with zero attached hydrogens (tertiary/aromatic N) is 2. The van der Waals surface area contributed by atoms with Crippen molar-refractivity contribution in [3.63, 3.8) is 0 Å². The number of carbonyl (C=O) groups is 1. The van der Waals surface area contributed by atoms with E-state index in [-0.39, 0.29) is 28.0 Å². The van der Waals surface area contributed by atoms with E-state index in [2.05, 4.69) is 17.3 Å². The number of aromatic nitrogens is 2. The molecule has 4 atom stereocenters. The number of anilines is 1. The van der Waals surface area contributed by atoms with E-state index in [0.717, 1.165) is 44.9 Å². The molecule has 5 aliphatic rings. The topological polar surface area (TPSA) is 84.2 Å². The highest BCUT2D eigenvalue weighted by Crippen LogP contribution is 2.65. The summed E-state index contributed by atoms with van der Waals surface area (Å²) >= 11 is 6.59. The smallest absolute Gasteiger partial charge is 0.303 e. The fourth-order valence-corrected chi connectivity index (χ4v) is 7.96. The number of carboxylic acids is 1. The minimum absolute atomic E-state index is 0.196. The lowest BCUT2D eigenvalue weighted by molar-refractivity contribution is -0.151. The molecule has 1 heterocycles. The van der Waals surface area contributed by atoms with Gasteiger partial charge in [0.25, 0.3) is 5.56 Å². The summed E-state index contributed by atoms with van der Waals surface area (Å²) in [6.07, 6.45) is 12.3. The van der Waals surface area contributed by atoms with Gasteiger partial charge in [-0.2, -0.15) is 5.10 Å². The van der Waals surface area contributed by atoms with Gasteiger partial charge in [-0.15, -0.1) is 0 Å². The largest absolute Gasteiger partial charge is 0.481 e. The number of aliphatic carboxylic acids is 1. The second-order valence-electron chi connectivity index (χ2n) is 10.9. The molecular formula is C23H32ClN3O3. The summed E-state index contributed by atoms with van der Waals surface area (Å²) in [4.78, 5) is 25.0. The first-order valence-corrected chi connectivity index (χ1v) is 11.9. The monoisotopic (exact) mass is 433 g/mol. The summed E-state index contributed by atoms with van der Waals surface area (Å²) in [5.41, 5.74) is -0.159. The van der Waals surface area contributed by atoms with E-state index < -0.39 is 5.97 Å². The van der Waals surface area contributed by atoms with Crippen molar-refractivity contribution in [2.75, 3.05) is 5.32 Å². The van der Waals surface area contributed by atoms with E-state index in [9.17, 15) is 14.7 Å². The number of hydrogen-bond acceptors (Lipinski definition) is 4. The number of nitrogens with one attached hydrogen (secondary N) is 1. The Kier molecular flexibility index (Phi) is 4.92. The average molecular weight is 434 g/mol. The van der Waals surface area contributed by atoms with Crippen LogP contribution in [0.5, 0.6) is 0 Å². The summed E-state index contributed by atoms with van der Waals surface area (Å²) in [7, 11) is 0. The molecule has 6 nitrogen and oxygen atoms in total. The predicted molar refractivity (Wildman–Crippen MR) is 116 cm³/mol. The first-order chi connectivity index (χ1) is 14.3. The maximum atomic E-state index is 13.4. The van der Waals surface area contributed by atoms with E-state index in [1.165, 1.54) is 19.3 Å². The maximum Gasteiger partial charge on any atom is 0.303 e. The summed E-state index contributed by atoms with van der Waals surface area (Å²) < 4.78 is 1.64. The minimum atomic E-state index is -0.730. The molecule has 5 aliphatic carbocycles. The Bertz CT molecular complexity index is 899. The highest BCUT2D eigenvalue weighted by atomic mass is 35.5. The minimum Gasteiger partial charge on any atom is -0.481 e. The van der Waals surface area contributed by atoms with E-state index in [4.69, 9.17) is 11.6 Å². The predicted octanol–water partition coefficient (Wildman–Crippen LogP) is 4.66. The Morgan fingerprint density at radius 2 is 1.97 bits per heavy atom. The molecule has 2 N–H and O–H groups in total. The number of rotatable bonds is 5. The molecule has 4 bridgehead atoms. The Morgan fingerprint density at radius 1 is 1.27 bits per heavy atom. The lowest BCUT2D eigenvalue weighted by Crippen LogP contribution is -2.59. The fourth-order valence-electron chi connectivity index (χ4n) is 7.78. The Labute approximate surface area is 182 Å². The van der Waals surface area contributed by atoms with Crippen molar-refractivity contribution in [3.8, 4) is 0 Å². The van der Waals surface area contributed by atoms with Crippen LogP contribution in [0.1, 0.15) is 77.6 Å². The molecule has 5 fully saturated rings. The molecule has 0 amide bonds. The molecule has 0 aliphatic heterocycles. The molecule has 0 spiro atoms. The van der Waals surface area contributed by atoms with Crippen molar-refractivity contribution in [2.24, 2.45) is 23.2 Å². The molecule has 0 saturated heterocycles. The standard InChI is InChI=1S/C23H32ClN3O3/c1-14-4-2-3-5-17(14)26-18-12-25-27(21(30)20(18)24)23-9-15-6-16(10-23)8-22(7-15,13-23)11-19(28)29/h12,14-17,26H,2-11,13H2,1H3,(H,28,29)/t14-,15-,16-,17+,22?,23?/m0/s1. The van der Waals surface area contributed by atoms with Crippen LogP contribution in [0.15, 0.2) is 11.0 Å². The molecule has 6 rings (SSSR count). The van der Waals surface area contributed by atoms with Crippen molar-refractivity contribution < 1.29 is 9.90 Å². The van der Waals surface area contributed by atoms with Crippen LogP contribution in [0.25, 0.3) is 0 Å². The van der Waals surface area contributed by atoms with Crippen LogP contribution < -0.4 is 10.9 Å². The van der Waals surface area contributed by atoms with Gasteiger partial charge in [0.15, 0.2) is 0 Å². The fraction of sp³-hybridized carbons (Fsp3) is 0.783. The zero-order valence-corrected chi connectivity index (χ0v) is 18.5. The van der Waals surface area contributed by atoms with Crippen molar-refractivity contribution in [1.29, 1.82) is 0 Å². The van der Waals surface area contributed by atoms with Crippen LogP contribution in [-0.2, 0) is 10.3 Å². The van der Waals surface area contributed by atoms with E-state index in [0.29, 0.717) is 29.5 Å². The van der Waals surface area contributed by atoms with Gasteiger partial charge in [0.2, 0.25) is 0 Å². The normalized spacial score (nSPS) is 39.8. The third kappa shape index (κ3) is 3.35. The van der Waals surface area contributed by atoms with Crippen LogP contribution in [-0.4, -0.2) is 26.9 Å². The summed E-state index contributed by atoms with van der Waals surface area (Å²) in [6.45, 7) is 2.25. The Hall–Kier alpha value is -1.56. The van der Waals surface area contributed by atoms with Gasteiger partial charge >= 0.3 is 5.97 Å². The van der Waals surface area contributed by atoms with Crippen LogP contribution in [0.4, 0.5) is 5.69 Å². The molecule has 1 aromatic rings. The van der Waals surface area contributed by atoms with Crippen LogP contribution >= 0.6 is 11.6 Å². The SMILES string of the molecule is C[C@H]1CCCC[C@H]1Nc1cnn(C23C[C@H]4C[C@@H](CC(CC(=O)O)(C4)C2)C3)c(=O)c1Cl. The van der Waals surface area contributed by atoms with Gasteiger partial charge in [-0.05, 0) is 74.5 Å². The second kappa shape index (κ2) is 7.25. The first kappa shape index (κ1) is 20.3. The second-order valence-corrected chi connectivity index (χ2v) is 11.2. The van der Waals surface area contributed by atoms with Gasteiger partial charge in [0, 0.05) is 6.04 Å². The van der Waals surface area contributed by atoms with Crippen molar-refractivity contribution in [2.45, 2.75) is 89.1 Å². The van der Waals surface area contributed by atoms with Gasteiger partial charge in [-0.1, -0.05) is 31.4 Å². The van der Waals surface area contributed by atoms with Crippen LogP contribution in [0.3, 0.4) is 0 Å². The molecule has 1 aromatic heterocycles. The van der Waals surface area contributed by atoms with E-state index in [1.807, 2.05) is 0 Å². The molecular weight excluding hydrogens is 402 g/mol. The van der Waals surface area contributed by atoms with E-state index in [1.54, 1.807) is 10.9 Å². The molecule has 0 radical (unpaired) electrons. The highest BCUT2D eigenvalue weighted by Gasteiger charge is 2.59. The van der Waals surface area contributed by atoms with Gasteiger partial charge in [0.05, 0.1) is 23.8 Å². The third-order valence-corrected chi connectivity index (χ3v) is 8.86.